The van der Waals surface area contributed by atoms with Crippen LogP contribution < -0.4 is 15.6 Å². The molecule has 1 unspecified atom stereocenters. The minimum absolute atomic E-state index is 0.141. The largest absolute Gasteiger partial charge is 0.490 e. The first-order valence-electron chi connectivity index (χ1n) is 12.1. The first-order valence-corrected chi connectivity index (χ1v) is 12.5. The van der Waals surface area contributed by atoms with E-state index >= 15 is 0 Å². The van der Waals surface area contributed by atoms with Crippen LogP contribution in [0.3, 0.4) is 0 Å². The standard InChI is InChI=1S/C27H36ClN3O5/c1-16(2)12-18(30-26(33)36-27(4,5)6)15-35-23-14-22-20(13-21(23)28)19-8-9-29-17(3)24(19)25(32)31(22)10-11-34-7/h8-9,13-14,16,18H,10-12,15H2,1-7H3,(H,30,33). The Morgan fingerprint density at radius 3 is 2.58 bits per heavy atom. The van der Waals surface area contributed by atoms with Gasteiger partial charge in [0.15, 0.2) is 0 Å². The van der Waals surface area contributed by atoms with Crippen LogP contribution in [-0.4, -0.2) is 47.6 Å². The van der Waals surface area contributed by atoms with E-state index in [2.05, 4.69) is 24.1 Å². The number of methoxy groups -OCH3 is 1. The Kier molecular flexibility index (Phi) is 8.84. The van der Waals surface area contributed by atoms with Crippen molar-refractivity contribution in [2.45, 2.75) is 66.2 Å². The van der Waals surface area contributed by atoms with Crippen molar-refractivity contribution in [1.82, 2.24) is 14.9 Å². The van der Waals surface area contributed by atoms with E-state index in [0.29, 0.717) is 52.9 Å². The maximum Gasteiger partial charge on any atom is 0.407 e. The zero-order valence-electron chi connectivity index (χ0n) is 22.1. The second-order valence-corrected chi connectivity index (χ2v) is 10.8. The molecule has 2 aromatic heterocycles. The van der Waals surface area contributed by atoms with Gasteiger partial charge < -0.3 is 24.1 Å². The second kappa shape index (κ2) is 11.5. The molecule has 2 heterocycles. The molecule has 8 nitrogen and oxygen atoms in total. The summed E-state index contributed by atoms with van der Waals surface area (Å²) in [6.07, 6.45) is 1.89. The van der Waals surface area contributed by atoms with E-state index in [0.717, 1.165) is 10.8 Å². The average Bonchev–Trinajstić information content (AvgIpc) is 2.76. The van der Waals surface area contributed by atoms with Gasteiger partial charge in [0, 0.05) is 31.3 Å². The van der Waals surface area contributed by atoms with Crippen molar-refractivity contribution in [1.29, 1.82) is 0 Å². The summed E-state index contributed by atoms with van der Waals surface area (Å²) in [5, 5.41) is 5.49. The Labute approximate surface area is 216 Å². The number of nitrogens with zero attached hydrogens (tertiary/aromatic N) is 2. The van der Waals surface area contributed by atoms with Crippen LogP contribution in [0.15, 0.2) is 29.2 Å². The molecule has 0 saturated heterocycles. The molecule has 3 aromatic rings. The smallest absolute Gasteiger partial charge is 0.407 e. The maximum atomic E-state index is 13.4. The fourth-order valence-electron chi connectivity index (χ4n) is 4.20. The van der Waals surface area contributed by atoms with Crippen LogP contribution in [0.1, 0.15) is 46.7 Å². The van der Waals surface area contributed by atoms with Gasteiger partial charge in [-0.25, -0.2) is 4.79 Å². The van der Waals surface area contributed by atoms with Crippen LogP contribution in [0.2, 0.25) is 5.02 Å². The summed E-state index contributed by atoms with van der Waals surface area (Å²) in [5.41, 5.74) is 0.608. The van der Waals surface area contributed by atoms with Gasteiger partial charge in [-0.15, -0.1) is 0 Å². The summed E-state index contributed by atoms with van der Waals surface area (Å²) in [6, 6.07) is 5.14. The summed E-state index contributed by atoms with van der Waals surface area (Å²) >= 11 is 6.66. The number of hydrogen-bond acceptors (Lipinski definition) is 6. The number of carbonyl (C=O) groups excluding carboxylic acids is 1. The van der Waals surface area contributed by atoms with Crippen LogP contribution in [0.5, 0.6) is 5.75 Å². The highest BCUT2D eigenvalue weighted by molar-refractivity contribution is 6.33. The molecule has 0 fully saturated rings. The number of ether oxygens (including phenoxy) is 3. The summed E-state index contributed by atoms with van der Waals surface area (Å²) in [5.74, 6) is 0.752. The highest BCUT2D eigenvalue weighted by Crippen LogP contribution is 2.33. The third-order valence-corrected chi connectivity index (χ3v) is 5.96. The minimum atomic E-state index is -0.600. The van der Waals surface area contributed by atoms with Crippen LogP contribution in [0, 0.1) is 12.8 Å². The van der Waals surface area contributed by atoms with Crippen LogP contribution in [0.25, 0.3) is 21.7 Å². The Hall–Kier alpha value is -2.84. The summed E-state index contributed by atoms with van der Waals surface area (Å²) in [6.45, 7) is 12.4. The number of benzene rings is 1. The van der Waals surface area contributed by atoms with Gasteiger partial charge in [-0.1, -0.05) is 25.4 Å². The van der Waals surface area contributed by atoms with Crippen molar-refractivity contribution >= 4 is 39.4 Å². The lowest BCUT2D eigenvalue weighted by atomic mass is 10.0. The molecule has 36 heavy (non-hydrogen) atoms. The quantitative estimate of drug-likeness (QED) is 0.378. The van der Waals surface area contributed by atoms with E-state index in [1.807, 2.05) is 39.8 Å². The Balaban J connectivity index is 1.99. The van der Waals surface area contributed by atoms with Gasteiger partial charge in [0.25, 0.3) is 5.56 Å². The van der Waals surface area contributed by atoms with Gasteiger partial charge in [0.05, 0.1) is 34.3 Å². The van der Waals surface area contributed by atoms with Gasteiger partial charge in [0.2, 0.25) is 0 Å². The Morgan fingerprint density at radius 2 is 1.94 bits per heavy atom. The molecule has 1 atom stereocenters. The molecule has 3 rings (SSSR count). The topological polar surface area (TPSA) is 91.7 Å². The van der Waals surface area contributed by atoms with Crippen molar-refractivity contribution in [2.75, 3.05) is 20.3 Å². The number of carbonyl (C=O) groups is 1. The molecular formula is C27H36ClN3O5. The molecule has 1 N–H and O–H groups in total. The first-order chi connectivity index (χ1) is 16.9. The number of nitrogens with one attached hydrogen (secondary N) is 1. The second-order valence-electron chi connectivity index (χ2n) is 10.4. The molecule has 0 aliphatic rings. The van der Waals surface area contributed by atoms with Crippen LogP contribution in [-0.2, 0) is 16.0 Å². The van der Waals surface area contributed by atoms with Gasteiger partial charge in [-0.3, -0.25) is 9.78 Å². The van der Waals surface area contributed by atoms with E-state index in [9.17, 15) is 9.59 Å². The predicted octanol–water partition coefficient (Wildman–Crippen LogP) is 5.48. The molecule has 0 bridgehead atoms. The Morgan fingerprint density at radius 1 is 1.22 bits per heavy atom. The number of halogens is 1. The summed E-state index contributed by atoms with van der Waals surface area (Å²) in [7, 11) is 1.60. The van der Waals surface area contributed by atoms with E-state index in [1.165, 1.54) is 0 Å². The van der Waals surface area contributed by atoms with E-state index in [1.54, 1.807) is 23.9 Å². The summed E-state index contributed by atoms with van der Waals surface area (Å²) < 4.78 is 18.4. The van der Waals surface area contributed by atoms with E-state index in [-0.39, 0.29) is 18.2 Å². The molecule has 9 heteroatoms. The molecule has 1 amide bonds. The third-order valence-electron chi connectivity index (χ3n) is 5.67. The van der Waals surface area contributed by atoms with E-state index < -0.39 is 11.7 Å². The number of amides is 1. The third kappa shape index (κ3) is 6.68. The number of fused-ring (bicyclic) bond motifs is 3. The van der Waals surface area contributed by atoms with Crippen molar-refractivity contribution in [2.24, 2.45) is 5.92 Å². The van der Waals surface area contributed by atoms with Gasteiger partial charge in [-0.05, 0) is 57.6 Å². The molecule has 0 radical (unpaired) electrons. The Bertz CT molecular complexity index is 1300. The van der Waals surface area contributed by atoms with Gasteiger partial charge >= 0.3 is 6.09 Å². The fraction of sp³-hybridized carbons (Fsp3) is 0.519. The molecule has 0 aliphatic heterocycles. The molecule has 0 aliphatic carbocycles. The van der Waals surface area contributed by atoms with Crippen molar-refractivity contribution in [3.05, 3.63) is 45.5 Å². The maximum absolute atomic E-state index is 13.4. The van der Waals surface area contributed by atoms with Crippen LogP contribution >= 0.6 is 11.6 Å². The van der Waals surface area contributed by atoms with Crippen molar-refractivity contribution < 1.29 is 19.0 Å². The van der Waals surface area contributed by atoms with Crippen molar-refractivity contribution in [3.8, 4) is 5.75 Å². The van der Waals surface area contributed by atoms with Crippen LogP contribution in [0.4, 0.5) is 4.79 Å². The highest BCUT2D eigenvalue weighted by atomic mass is 35.5. The minimum Gasteiger partial charge on any atom is -0.490 e. The van der Waals surface area contributed by atoms with Gasteiger partial charge in [0.1, 0.15) is 18.0 Å². The number of pyridine rings is 2. The highest BCUT2D eigenvalue weighted by Gasteiger charge is 2.22. The summed E-state index contributed by atoms with van der Waals surface area (Å²) in [4.78, 5) is 30.1. The molecule has 1 aromatic carbocycles. The lowest BCUT2D eigenvalue weighted by Gasteiger charge is -2.25. The molecule has 0 spiro atoms. The average molecular weight is 518 g/mol. The lowest BCUT2D eigenvalue weighted by Crippen LogP contribution is -2.42. The molecular weight excluding hydrogens is 482 g/mol. The monoisotopic (exact) mass is 517 g/mol. The number of alkyl carbamates (subject to hydrolysis) is 1. The number of aromatic nitrogens is 2. The predicted molar refractivity (Wildman–Crippen MR) is 143 cm³/mol. The zero-order chi connectivity index (χ0) is 26.6. The zero-order valence-corrected chi connectivity index (χ0v) is 22.9. The number of hydrogen-bond donors (Lipinski definition) is 1. The number of aryl methyl sites for hydroxylation is 1. The van der Waals surface area contributed by atoms with E-state index in [4.69, 9.17) is 25.8 Å². The molecule has 0 saturated carbocycles. The fourth-order valence-corrected chi connectivity index (χ4v) is 4.42. The first kappa shape index (κ1) is 27.7. The lowest BCUT2D eigenvalue weighted by molar-refractivity contribution is 0.0480. The number of rotatable bonds is 9. The van der Waals surface area contributed by atoms with Crippen molar-refractivity contribution in [3.63, 3.8) is 0 Å². The van der Waals surface area contributed by atoms with Gasteiger partial charge in [-0.2, -0.15) is 0 Å². The SMILES string of the molecule is COCCn1c(=O)c2c(C)nccc2c2cc(Cl)c(OCC(CC(C)C)NC(=O)OC(C)(C)C)cc21. The normalized spacial score (nSPS) is 12.8. The molecule has 196 valence electrons.